The van der Waals surface area contributed by atoms with Crippen LogP contribution in [0.2, 0.25) is 0 Å². The minimum Gasteiger partial charge on any atom is -0.467 e. The van der Waals surface area contributed by atoms with Gasteiger partial charge >= 0.3 is 35.8 Å². The van der Waals surface area contributed by atoms with Crippen LogP contribution in [-0.2, 0) is 153 Å². The number of carbonyl (C=O) groups excluding carboxylic acids is 6. The van der Waals surface area contributed by atoms with E-state index in [9.17, 15) is 26.2 Å². The Morgan fingerprint density at radius 3 is 0.887 bits per heavy atom. The summed E-state index contributed by atoms with van der Waals surface area (Å²) < 4.78 is 148. The highest BCUT2D eigenvalue weighted by Crippen LogP contribution is 2.44. The van der Waals surface area contributed by atoms with Crippen molar-refractivity contribution in [2.45, 2.75) is 206 Å². The molecule has 0 N–H and O–H groups in total. The van der Waals surface area contributed by atoms with E-state index < -0.39 is 202 Å². The number of azide groups is 3. The summed E-state index contributed by atoms with van der Waals surface area (Å²) in [4.78, 5) is 99.7. The van der Waals surface area contributed by atoms with Crippen molar-refractivity contribution in [2.75, 3.05) is 34.5 Å². The van der Waals surface area contributed by atoms with Gasteiger partial charge in [-0.25, -0.2) is 28.8 Å². The van der Waals surface area contributed by atoms with Gasteiger partial charge in [0, 0.05) is 21.8 Å². The van der Waals surface area contributed by atoms with Crippen LogP contribution in [0.25, 0.3) is 31.3 Å². The van der Waals surface area contributed by atoms with Gasteiger partial charge in [-0.05, 0) is 105 Å². The van der Waals surface area contributed by atoms with Gasteiger partial charge in [-0.3, -0.25) is 0 Å². The molecule has 0 aliphatic carbocycles. The molecule has 5 aliphatic heterocycles. The van der Waals surface area contributed by atoms with Crippen LogP contribution in [0.3, 0.4) is 0 Å². The molecule has 15 rings (SSSR count). The number of esters is 6. The SMILES string of the molecule is CCC1O[C@@H](O[C@H]2C(C(=O)OC)O[C@@H](O[C@@H]3C(COC(=O)c4ccccc4)O[C@H](OC)C(N=[N+]=[N-])[C@H]3OCc3ccccc3)C(OC(=O)c3ccccc3)[C@@H]2OCc2ccccc2)C(N=[N+]=[N-])[C@@H](OC(=O)c2ccccc2)[C@@H]1O[C@@H]1OC(C(=O)OC)[C@@H](O[C@H]2OC(COC(=O)c3ccccc3)[C@@H](OCc3ccccc3)[C@H](OCc3ccccc3)C2N=[N+]=[N-])[C@H](OCc2ccccc2)C1OCc1ccccc1. The van der Waals surface area contributed by atoms with Crippen LogP contribution in [0.4, 0.5) is 0 Å². The second kappa shape index (κ2) is 51.5. The highest BCUT2D eigenvalue weighted by molar-refractivity contribution is 5.91. The van der Waals surface area contributed by atoms with E-state index in [0.29, 0.717) is 27.8 Å². The minimum absolute atomic E-state index is 0.0139. The lowest BCUT2D eigenvalue weighted by molar-refractivity contribution is -0.380. The molecule has 5 saturated heterocycles. The lowest BCUT2D eigenvalue weighted by atomic mass is 9.92. The van der Waals surface area contributed by atoms with Crippen molar-refractivity contribution in [3.05, 3.63) is 390 Å². The first-order valence-electron chi connectivity index (χ1n) is 45.7. The molecule has 5 aliphatic rings. The molecular formula is C104H105N9O28. The van der Waals surface area contributed by atoms with Gasteiger partial charge in [0.05, 0.1) is 82.2 Å². The van der Waals surface area contributed by atoms with Crippen molar-refractivity contribution in [1.29, 1.82) is 0 Å². The third-order valence-electron chi connectivity index (χ3n) is 24.0. The summed E-state index contributed by atoms with van der Waals surface area (Å²) in [6.45, 7) is -0.714. The van der Waals surface area contributed by atoms with Crippen molar-refractivity contribution in [3.63, 3.8) is 0 Å². The number of methoxy groups -OCH3 is 3. The lowest BCUT2D eigenvalue weighted by Gasteiger charge is -2.51. The second-order valence-electron chi connectivity index (χ2n) is 33.1. The van der Waals surface area contributed by atoms with Crippen LogP contribution in [0.1, 0.15) is 88.2 Å². The number of carbonyl (C=O) groups is 6. The number of hydrogen-bond acceptors (Lipinski definition) is 31. The second-order valence-corrected chi connectivity index (χ2v) is 33.1. The molecule has 37 nitrogen and oxygen atoms in total. The Kier molecular flexibility index (Phi) is 37.1. The Bertz CT molecular complexity index is 5790. The molecule has 5 heterocycles. The van der Waals surface area contributed by atoms with E-state index in [-0.39, 0.29) is 68.3 Å². The quantitative estimate of drug-likeness (QED) is 0.0113. The highest BCUT2D eigenvalue weighted by Gasteiger charge is 2.62. The maximum absolute atomic E-state index is 15.5. The number of nitrogens with zero attached hydrogens (tertiary/aromatic N) is 9. The fourth-order valence-electron chi connectivity index (χ4n) is 17.1. The zero-order valence-electron chi connectivity index (χ0n) is 77.1. The standard InChI is InChI=1S/C104H105N9O28/c1-5-74-81(136-103-92(128-61-69-46-26-11-27-47-69)86(126-59-67-42-22-9-23-43-67)88(90(140-103)98(118)120-2)138-101-78(109-112-106)83(124-57-65-38-18-7-19-39-65)80(123-56-64-36-16-6-17-37-64)75(133-101)62-129-94(114)70-48-28-12-29-49-70)85(134-96(116)72-52-32-14-33-53-72)79(110-113-107)102(131-74)139-89-87(127-60-68-44-24-10-25-45-68)93(135-97(117)73-54-34-15-35-55-73)104(141-91(89)99(119)121-3)137-82-76(63-130-95(115)71-50-30-13-31-51-71)132-100(122-4)77(108-111-105)84(82)125-58-66-40-20-8-21-41-66/h6-55,74-93,100-104H,5,56-63H2,1-4H3/t74?,75?,76?,77?,78?,79?,80-,81-,82-,83-,84-,85-,86+,87-,88+,89-,90?,91?,92?,93?,100+,101-,102+,103-,104-/m1/s1. The zero-order chi connectivity index (χ0) is 98.2. The molecule has 5 fully saturated rings. The molecule has 0 bridgehead atoms. The maximum Gasteiger partial charge on any atom is 0.338 e. The summed E-state index contributed by atoms with van der Waals surface area (Å²) in [5.41, 5.74) is 36.5. The fourth-order valence-corrected chi connectivity index (χ4v) is 17.1. The third kappa shape index (κ3) is 26.5. The summed E-state index contributed by atoms with van der Waals surface area (Å²) in [6, 6.07) is 80.5. The van der Waals surface area contributed by atoms with E-state index in [2.05, 4.69) is 30.1 Å². The topological polar surface area (TPSA) is 452 Å². The minimum atomic E-state index is -2.12. The fraction of sp³-hybridized carbons (Fsp3) is 0.365. The number of hydrogen-bond donors (Lipinski definition) is 0. The van der Waals surface area contributed by atoms with Crippen LogP contribution < -0.4 is 0 Å². The van der Waals surface area contributed by atoms with Gasteiger partial charge in [-0.15, -0.1) is 0 Å². The number of rotatable bonds is 43. The van der Waals surface area contributed by atoms with Crippen molar-refractivity contribution in [2.24, 2.45) is 15.3 Å². The first-order chi connectivity index (χ1) is 69.1. The van der Waals surface area contributed by atoms with Crippen LogP contribution in [0.15, 0.2) is 319 Å². The van der Waals surface area contributed by atoms with Gasteiger partial charge in [0.15, 0.2) is 49.8 Å². The molecule has 0 amide bonds. The van der Waals surface area contributed by atoms with Gasteiger partial charge in [0.25, 0.3) is 0 Å². The first kappa shape index (κ1) is 102. The largest absolute Gasteiger partial charge is 0.467 e. The molecule has 0 radical (unpaired) electrons. The molecule has 10 unspecified atom stereocenters. The van der Waals surface area contributed by atoms with Gasteiger partial charge in [0.1, 0.15) is 111 Å². The smallest absolute Gasteiger partial charge is 0.338 e. The average Bonchev–Trinajstić information content (AvgIpc) is 0.742. The van der Waals surface area contributed by atoms with E-state index in [1.165, 1.54) is 43.5 Å². The lowest BCUT2D eigenvalue weighted by Crippen LogP contribution is -2.69. The maximum atomic E-state index is 15.5. The Hall–Kier alpha value is -13.7. The molecule has 25 atom stereocenters. The van der Waals surface area contributed by atoms with Crippen LogP contribution in [0.5, 0.6) is 0 Å². The van der Waals surface area contributed by atoms with E-state index in [4.69, 9.17) is 104 Å². The Morgan fingerprint density at radius 1 is 0.277 bits per heavy atom. The molecule has 141 heavy (non-hydrogen) atoms. The molecule has 37 heteroatoms. The highest BCUT2D eigenvalue weighted by atomic mass is 16.8. The van der Waals surface area contributed by atoms with Crippen molar-refractivity contribution in [1.82, 2.24) is 0 Å². The van der Waals surface area contributed by atoms with Crippen molar-refractivity contribution < 1.29 is 133 Å². The predicted molar refractivity (Wildman–Crippen MR) is 498 cm³/mol. The summed E-state index contributed by atoms with van der Waals surface area (Å²) in [6.07, 6.45) is -38.2. The van der Waals surface area contributed by atoms with Gasteiger partial charge in [0.2, 0.25) is 0 Å². The van der Waals surface area contributed by atoms with Crippen LogP contribution in [-0.4, -0.2) is 224 Å². The Labute approximate surface area is 811 Å². The predicted octanol–water partition coefficient (Wildman–Crippen LogP) is 15.3. The molecule has 10 aromatic rings. The summed E-state index contributed by atoms with van der Waals surface area (Å²) in [7, 11) is 3.44. The summed E-state index contributed by atoms with van der Waals surface area (Å²) in [5, 5.41) is 12.8. The molecule has 0 aromatic heterocycles. The van der Waals surface area contributed by atoms with Crippen molar-refractivity contribution >= 4 is 35.8 Å². The summed E-state index contributed by atoms with van der Waals surface area (Å²) in [5.74, 6) is -5.88. The molecule has 10 aromatic carbocycles. The van der Waals surface area contributed by atoms with E-state index >= 15 is 19.2 Å². The number of ether oxygens (including phenoxy) is 22. The molecule has 0 saturated carbocycles. The Morgan fingerprint density at radius 2 is 0.539 bits per heavy atom. The van der Waals surface area contributed by atoms with Crippen LogP contribution >= 0.6 is 0 Å². The van der Waals surface area contributed by atoms with E-state index in [1.54, 1.807) is 213 Å². The Balaban J connectivity index is 0.837. The monoisotopic (exact) mass is 1930 g/mol. The molecule has 734 valence electrons. The van der Waals surface area contributed by atoms with E-state index in [1.807, 2.05) is 60.7 Å². The van der Waals surface area contributed by atoms with E-state index in [0.717, 1.165) is 19.8 Å². The van der Waals surface area contributed by atoms with Gasteiger partial charge < -0.3 is 104 Å². The van der Waals surface area contributed by atoms with Crippen LogP contribution in [0, 0.1) is 0 Å². The molecular weight excluding hydrogens is 1820 g/mol. The summed E-state index contributed by atoms with van der Waals surface area (Å²) >= 11 is 0. The normalized spacial score (nSPS) is 27.4. The van der Waals surface area contributed by atoms with Gasteiger partial charge in [-0.2, -0.15) is 0 Å². The molecule has 0 spiro atoms. The average molecular weight is 1930 g/mol. The zero-order valence-corrected chi connectivity index (χ0v) is 77.1. The first-order valence-corrected chi connectivity index (χ1v) is 45.7. The number of benzene rings is 10. The van der Waals surface area contributed by atoms with Crippen molar-refractivity contribution in [3.8, 4) is 0 Å². The third-order valence-corrected chi connectivity index (χ3v) is 24.0. The van der Waals surface area contributed by atoms with Gasteiger partial charge in [-0.1, -0.05) is 277 Å².